The van der Waals surface area contributed by atoms with Gasteiger partial charge in [-0.05, 0) is 43.3 Å². The van der Waals surface area contributed by atoms with Crippen LogP contribution in [0.2, 0.25) is 0 Å². The predicted octanol–water partition coefficient (Wildman–Crippen LogP) is -1.83. The lowest BCUT2D eigenvalue weighted by atomic mass is 10.0. The molecule has 1 aromatic carbocycles. The van der Waals surface area contributed by atoms with Crippen molar-refractivity contribution in [3.63, 3.8) is 0 Å². The summed E-state index contributed by atoms with van der Waals surface area (Å²) in [7, 11) is 0. The number of nitrogens with two attached hydrogens (primary N) is 4. The van der Waals surface area contributed by atoms with Crippen molar-refractivity contribution in [2.24, 2.45) is 27.9 Å². The van der Waals surface area contributed by atoms with Gasteiger partial charge in [0.05, 0.1) is 6.04 Å². The second kappa shape index (κ2) is 18.4. The Kier molecular flexibility index (Phi) is 15.8. The molecule has 1 aromatic rings. The number of nitrogens with one attached hydrogen (secondary N) is 3. The van der Waals surface area contributed by atoms with Gasteiger partial charge in [0, 0.05) is 19.4 Å². The van der Waals surface area contributed by atoms with E-state index in [-0.39, 0.29) is 44.6 Å². The molecular formula is C25H40N8O6S. The Morgan fingerprint density at radius 1 is 0.875 bits per heavy atom. The molecule has 0 fully saturated rings. The van der Waals surface area contributed by atoms with Crippen molar-refractivity contribution in [2.45, 2.75) is 62.7 Å². The molecule has 0 bridgehead atoms. The monoisotopic (exact) mass is 580 g/mol. The van der Waals surface area contributed by atoms with Crippen LogP contribution in [0, 0.1) is 0 Å². The van der Waals surface area contributed by atoms with Gasteiger partial charge in [0.25, 0.3) is 0 Å². The number of guanidine groups is 1. The minimum absolute atomic E-state index is 0.0187. The van der Waals surface area contributed by atoms with E-state index in [0.29, 0.717) is 12.2 Å². The zero-order valence-corrected chi connectivity index (χ0v) is 23.3. The van der Waals surface area contributed by atoms with Gasteiger partial charge >= 0.3 is 5.97 Å². The number of primary amides is 1. The van der Waals surface area contributed by atoms with Crippen LogP contribution in [0.5, 0.6) is 0 Å². The lowest BCUT2D eigenvalue weighted by Gasteiger charge is -2.25. The normalized spacial score (nSPS) is 13.7. The first-order valence-corrected chi connectivity index (χ1v) is 14.1. The van der Waals surface area contributed by atoms with E-state index in [4.69, 9.17) is 22.9 Å². The van der Waals surface area contributed by atoms with Crippen LogP contribution >= 0.6 is 11.8 Å². The topological polar surface area (TPSA) is 258 Å². The number of carbonyl (C=O) groups is 5. The molecule has 222 valence electrons. The molecule has 12 N–H and O–H groups in total. The second-order valence-electron chi connectivity index (χ2n) is 9.05. The maximum atomic E-state index is 13.4. The average molecular weight is 581 g/mol. The van der Waals surface area contributed by atoms with Gasteiger partial charge in [0.2, 0.25) is 23.6 Å². The zero-order valence-electron chi connectivity index (χ0n) is 22.5. The van der Waals surface area contributed by atoms with Gasteiger partial charge in [-0.15, -0.1) is 0 Å². The van der Waals surface area contributed by atoms with Crippen LogP contribution in [0.25, 0.3) is 0 Å². The lowest BCUT2D eigenvalue weighted by molar-refractivity contribution is -0.142. The number of carboxylic acids is 1. The number of hydrogen-bond donors (Lipinski definition) is 8. The van der Waals surface area contributed by atoms with Gasteiger partial charge in [-0.1, -0.05) is 30.3 Å². The van der Waals surface area contributed by atoms with Crippen molar-refractivity contribution in [3.05, 3.63) is 35.9 Å². The van der Waals surface area contributed by atoms with Crippen molar-refractivity contribution in [1.29, 1.82) is 0 Å². The van der Waals surface area contributed by atoms with Crippen LogP contribution in [0.3, 0.4) is 0 Å². The van der Waals surface area contributed by atoms with Crippen molar-refractivity contribution < 1.29 is 29.1 Å². The van der Waals surface area contributed by atoms with Crippen LogP contribution in [0.4, 0.5) is 0 Å². The van der Waals surface area contributed by atoms with Crippen molar-refractivity contribution in [1.82, 2.24) is 16.0 Å². The molecule has 40 heavy (non-hydrogen) atoms. The molecule has 0 radical (unpaired) electrons. The fourth-order valence-corrected chi connectivity index (χ4v) is 4.05. The minimum atomic E-state index is -1.19. The average Bonchev–Trinajstić information content (AvgIpc) is 2.90. The molecule has 0 saturated carbocycles. The predicted molar refractivity (Wildman–Crippen MR) is 153 cm³/mol. The summed E-state index contributed by atoms with van der Waals surface area (Å²) in [6.07, 6.45) is 2.35. The van der Waals surface area contributed by atoms with Crippen LogP contribution in [-0.2, 0) is 30.4 Å². The van der Waals surface area contributed by atoms with E-state index in [0.717, 1.165) is 5.56 Å². The third-order valence-electron chi connectivity index (χ3n) is 5.76. The van der Waals surface area contributed by atoms with Gasteiger partial charge in [-0.25, -0.2) is 4.79 Å². The summed E-state index contributed by atoms with van der Waals surface area (Å²) in [6.45, 7) is 0.180. The number of thioether (sulfide) groups is 1. The first kappa shape index (κ1) is 34.2. The number of carbonyl (C=O) groups excluding carboxylic acids is 4. The number of aliphatic imine (C=N–C) groups is 1. The maximum absolute atomic E-state index is 13.4. The summed E-state index contributed by atoms with van der Waals surface area (Å²) >= 11 is 1.44. The summed E-state index contributed by atoms with van der Waals surface area (Å²) in [6, 6.07) is 4.34. The summed E-state index contributed by atoms with van der Waals surface area (Å²) in [5.41, 5.74) is 22.4. The highest BCUT2D eigenvalue weighted by Crippen LogP contribution is 2.08. The number of nitrogens with zero attached hydrogens (tertiary/aromatic N) is 1. The number of carboxylic acid groups (broad SMARTS) is 1. The molecule has 4 amide bonds. The molecule has 1 rings (SSSR count). The first-order chi connectivity index (χ1) is 18.9. The second-order valence-corrected chi connectivity index (χ2v) is 10.0. The lowest BCUT2D eigenvalue weighted by Crippen LogP contribution is -2.57. The highest BCUT2D eigenvalue weighted by atomic mass is 32.2. The standard InChI is InChI=1S/C25H40N8O6S/c1-40-13-11-18(24(38)39)32-23(37)19(14-15-6-3-2-4-7-15)33-22(36)17(8-5-12-30-25(28)29)31-21(35)16(26)9-10-20(27)34/h2-4,6-7,16-19H,5,8-14,26H2,1H3,(H2,27,34)(H,31,35)(H,32,37)(H,33,36)(H,38,39)(H4,28,29,30). The molecule has 15 heteroatoms. The summed E-state index contributed by atoms with van der Waals surface area (Å²) in [4.78, 5) is 65.9. The van der Waals surface area contributed by atoms with Crippen LogP contribution in [0.15, 0.2) is 35.3 Å². The van der Waals surface area contributed by atoms with Crippen LogP contribution < -0.4 is 38.9 Å². The summed E-state index contributed by atoms with van der Waals surface area (Å²) < 4.78 is 0. The van der Waals surface area contributed by atoms with E-state index < -0.39 is 53.8 Å². The van der Waals surface area contributed by atoms with Crippen molar-refractivity contribution in [2.75, 3.05) is 18.6 Å². The number of rotatable bonds is 19. The van der Waals surface area contributed by atoms with E-state index in [1.165, 1.54) is 11.8 Å². The first-order valence-electron chi connectivity index (χ1n) is 12.7. The Balaban J connectivity index is 3.13. The van der Waals surface area contributed by atoms with Crippen molar-refractivity contribution in [3.8, 4) is 0 Å². The zero-order chi connectivity index (χ0) is 30.1. The number of benzene rings is 1. The Morgan fingerprint density at radius 3 is 2.05 bits per heavy atom. The Hall–Kier alpha value is -3.85. The molecule has 0 heterocycles. The number of hydrogen-bond acceptors (Lipinski definition) is 8. The van der Waals surface area contributed by atoms with Crippen molar-refractivity contribution >= 4 is 47.3 Å². The SMILES string of the molecule is CSCCC(NC(=O)C(Cc1ccccc1)NC(=O)C(CCCN=C(N)N)NC(=O)C(N)CCC(N)=O)C(=O)O. The molecular weight excluding hydrogens is 540 g/mol. The van der Waals surface area contributed by atoms with E-state index in [9.17, 15) is 29.1 Å². The quantitative estimate of drug-likeness (QED) is 0.0515. The molecule has 14 nitrogen and oxygen atoms in total. The highest BCUT2D eigenvalue weighted by Gasteiger charge is 2.30. The largest absolute Gasteiger partial charge is 0.480 e. The van der Waals surface area contributed by atoms with E-state index in [1.54, 1.807) is 30.3 Å². The van der Waals surface area contributed by atoms with Crippen LogP contribution in [0.1, 0.15) is 37.7 Å². The molecule has 0 saturated heterocycles. The van der Waals surface area contributed by atoms with Gasteiger partial charge in [0.1, 0.15) is 18.1 Å². The molecule has 0 spiro atoms. The molecule has 0 aliphatic heterocycles. The maximum Gasteiger partial charge on any atom is 0.326 e. The fourth-order valence-electron chi connectivity index (χ4n) is 3.58. The fraction of sp³-hybridized carbons (Fsp3) is 0.520. The third-order valence-corrected chi connectivity index (χ3v) is 6.40. The van der Waals surface area contributed by atoms with Gasteiger partial charge in [0.15, 0.2) is 5.96 Å². The van der Waals surface area contributed by atoms with E-state index >= 15 is 0 Å². The third kappa shape index (κ3) is 13.8. The molecule has 0 aliphatic rings. The van der Waals surface area contributed by atoms with Gasteiger partial charge in [-0.2, -0.15) is 11.8 Å². The smallest absolute Gasteiger partial charge is 0.326 e. The Bertz CT molecular complexity index is 1020. The number of aliphatic carboxylic acids is 1. The highest BCUT2D eigenvalue weighted by molar-refractivity contribution is 7.98. The molecule has 4 unspecified atom stereocenters. The summed E-state index contributed by atoms with van der Waals surface area (Å²) in [5, 5.41) is 17.3. The number of amides is 4. The van der Waals surface area contributed by atoms with Gasteiger partial charge in [-0.3, -0.25) is 24.2 Å². The van der Waals surface area contributed by atoms with E-state index in [1.807, 2.05) is 6.26 Å². The minimum Gasteiger partial charge on any atom is -0.480 e. The summed E-state index contributed by atoms with van der Waals surface area (Å²) in [5.74, 6) is -3.50. The molecule has 0 aromatic heterocycles. The Morgan fingerprint density at radius 2 is 1.48 bits per heavy atom. The molecule has 4 atom stereocenters. The van der Waals surface area contributed by atoms with Gasteiger partial charge < -0.3 is 44.0 Å². The molecule has 0 aliphatic carbocycles. The Labute approximate surface area is 237 Å². The van der Waals surface area contributed by atoms with Crippen LogP contribution in [-0.4, -0.2) is 83.4 Å². The van der Waals surface area contributed by atoms with E-state index in [2.05, 4.69) is 20.9 Å².